The molecular formula is C17H20N2O6S2. The standard InChI is InChI=1S/C17H20N2O6S2/c1-12-18-14(11-26-12)10-25-17(20)13-3-4-15(23-2)16(9-13)27(21,22)19-5-7-24-8-6-19/h3-4,9,11H,5-8,10H2,1-2H3. The summed E-state index contributed by atoms with van der Waals surface area (Å²) in [6.45, 7) is 3.06. The summed E-state index contributed by atoms with van der Waals surface area (Å²) < 4.78 is 42.9. The van der Waals surface area contributed by atoms with Crippen LogP contribution >= 0.6 is 11.3 Å². The van der Waals surface area contributed by atoms with E-state index in [1.807, 2.05) is 12.3 Å². The Balaban J connectivity index is 1.83. The summed E-state index contributed by atoms with van der Waals surface area (Å²) in [5.74, 6) is -0.449. The number of carbonyl (C=O) groups is 1. The van der Waals surface area contributed by atoms with Gasteiger partial charge in [-0.25, -0.2) is 18.2 Å². The molecule has 0 saturated carbocycles. The molecule has 0 N–H and O–H groups in total. The Hall–Kier alpha value is -2.01. The number of nitrogens with zero attached hydrogens (tertiary/aromatic N) is 2. The molecule has 1 aliphatic heterocycles. The zero-order valence-electron chi connectivity index (χ0n) is 15.0. The van der Waals surface area contributed by atoms with Crippen LogP contribution in [-0.4, -0.2) is 57.1 Å². The molecule has 1 fully saturated rings. The number of benzene rings is 1. The maximum Gasteiger partial charge on any atom is 0.338 e. The van der Waals surface area contributed by atoms with Crippen LogP contribution < -0.4 is 4.74 Å². The fourth-order valence-electron chi connectivity index (χ4n) is 2.63. The third kappa shape index (κ3) is 4.46. The third-order valence-electron chi connectivity index (χ3n) is 4.00. The van der Waals surface area contributed by atoms with Crippen molar-refractivity contribution in [3.63, 3.8) is 0 Å². The number of aryl methyl sites for hydroxylation is 1. The SMILES string of the molecule is COc1ccc(C(=O)OCc2csc(C)n2)cc1S(=O)(=O)N1CCOCC1. The fraction of sp³-hybridized carbons (Fsp3) is 0.412. The van der Waals surface area contributed by atoms with Crippen molar-refractivity contribution in [2.75, 3.05) is 33.4 Å². The first-order valence-electron chi connectivity index (χ1n) is 8.26. The molecule has 0 aliphatic carbocycles. The van der Waals surface area contributed by atoms with Crippen molar-refractivity contribution in [3.05, 3.63) is 39.8 Å². The van der Waals surface area contributed by atoms with Gasteiger partial charge in [0, 0.05) is 18.5 Å². The van der Waals surface area contributed by atoms with Gasteiger partial charge in [0.1, 0.15) is 17.3 Å². The molecular weight excluding hydrogens is 392 g/mol. The topological polar surface area (TPSA) is 95.0 Å². The van der Waals surface area contributed by atoms with Crippen molar-refractivity contribution in [1.29, 1.82) is 0 Å². The van der Waals surface area contributed by atoms with Crippen LogP contribution in [0.2, 0.25) is 0 Å². The smallest absolute Gasteiger partial charge is 0.338 e. The lowest BCUT2D eigenvalue weighted by Crippen LogP contribution is -2.40. The van der Waals surface area contributed by atoms with E-state index >= 15 is 0 Å². The molecule has 0 spiro atoms. The van der Waals surface area contributed by atoms with Crippen LogP contribution in [0.3, 0.4) is 0 Å². The zero-order valence-corrected chi connectivity index (χ0v) is 16.6. The van der Waals surface area contributed by atoms with E-state index in [9.17, 15) is 13.2 Å². The van der Waals surface area contributed by atoms with Crippen molar-refractivity contribution < 1.29 is 27.4 Å². The average molecular weight is 412 g/mol. The molecule has 27 heavy (non-hydrogen) atoms. The first-order chi connectivity index (χ1) is 12.9. The van der Waals surface area contributed by atoms with Crippen LogP contribution in [0.25, 0.3) is 0 Å². The predicted molar refractivity (Wildman–Crippen MR) is 98.5 cm³/mol. The van der Waals surface area contributed by atoms with Gasteiger partial charge in [0.05, 0.1) is 36.6 Å². The number of hydrogen-bond donors (Lipinski definition) is 0. The second-order valence-electron chi connectivity index (χ2n) is 5.82. The van der Waals surface area contributed by atoms with E-state index in [-0.39, 0.29) is 35.9 Å². The number of methoxy groups -OCH3 is 1. The highest BCUT2D eigenvalue weighted by Crippen LogP contribution is 2.28. The molecule has 0 amide bonds. The molecule has 10 heteroatoms. The Labute approximate surface area is 161 Å². The summed E-state index contributed by atoms with van der Waals surface area (Å²) in [4.78, 5) is 16.5. The molecule has 0 unspecified atom stereocenters. The Morgan fingerprint density at radius 3 is 2.70 bits per heavy atom. The summed E-state index contributed by atoms with van der Waals surface area (Å²) in [5.41, 5.74) is 0.787. The van der Waals surface area contributed by atoms with E-state index in [2.05, 4.69) is 4.98 Å². The molecule has 1 aromatic carbocycles. The quantitative estimate of drug-likeness (QED) is 0.668. The number of sulfonamides is 1. The number of ether oxygens (including phenoxy) is 3. The van der Waals surface area contributed by atoms with Gasteiger partial charge in [-0.2, -0.15) is 4.31 Å². The summed E-state index contributed by atoms with van der Waals surface area (Å²) in [6.07, 6.45) is 0. The first kappa shape index (κ1) is 19.7. The van der Waals surface area contributed by atoms with E-state index in [1.54, 1.807) is 0 Å². The second kappa shape index (κ2) is 8.34. The molecule has 0 radical (unpaired) electrons. The molecule has 2 aromatic rings. The largest absolute Gasteiger partial charge is 0.495 e. The van der Waals surface area contributed by atoms with Crippen LogP contribution in [0.1, 0.15) is 21.1 Å². The monoisotopic (exact) mass is 412 g/mol. The molecule has 0 atom stereocenters. The maximum absolute atomic E-state index is 13.0. The number of morpholine rings is 1. The molecule has 1 aromatic heterocycles. The molecule has 1 aliphatic rings. The van der Waals surface area contributed by atoms with E-state index in [4.69, 9.17) is 14.2 Å². The van der Waals surface area contributed by atoms with Gasteiger partial charge in [0.25, 0.3) is 0 Å². The Morgan fingerprint density at radius 2 is 2.07 bits per heavy atom. The predicted octanol–water partition coefficient (Wildman–Crippen LogP) is 1.84. The normalized spacial score (nSPS) is 15.5. The van der Waals surface area contributed by atoms with Crippen LogP contribution in [0.4, 0.5) is 0 Å². The highest BCUT2D eigenvalue weighted by atomic mass is 32.2. The average Bonchev–Trinajstić information content (AvgIpc) is 3.11. The minimum atomic E-state index is -3.81. The van der Waals surface area contributed by atoms with Gasteiger partial charge in [-0.1, -0.05) is 0 Å². The van der Waals surface area contributed by atoms with E-state index < -0.39 is 16.0 Å². The van der Waals surface area contributed by atoms with E-state index in [0.29, 0.717) is 18.9 Å². The van der Waals surface area contributed by atoms with Gasteiger partial charge in [-0.05, 0) is 25.1 Å². The summed E-state index contributed by atoms with van der Waals surface area (Å²) in [6, 6.07) is 4.22. The fourth-order valence-corrected chi connectivity index (χ4v) is 4.82. The molecule has 2 heterocycles. The zero-order chi connectivity index (χ0) is 19.4. The van der Waals surface area contributed by atoms with Gasteiger partial charge in [-0.3, -0.25) is 0 Å². The highest BCUT2D eigenvalue weighted by Gasteiger charge is 2.30. The van der Waals surface area contributed by atoms with Crippen molar-refractivity contribution in [2.45, 2.75) is 18.4 Å². The van der Waals surface area contributed by atoms with Gasteiger partial charge in [-0.15, -0.1) is 11.3 Å². The van der Waals surface area contributed by atoms with Crippen molar-refractivity contribution >= 4 is 27.3 Å². The summed E-state index contributed by atoms with van der Waals surface area (Å²) >= 11 is 1.46. The molecule has 3 rings (SSSR count). The minimum absolute atomic E-state index is 0.0285. The lowest BCUT2D eigenvalue weighted by molar-refractivity contribution is 0.0468. The molecule has 1 saturated heterocycles. The number of esters is 1. The maximum atomic E-state index is 13.0. The Bertz CT molecular complexity index is 919. The lowest BCUT2D eigenvalue weighted by atomic mass is 10.2. The summed E-state index contributed by atoms with van der Waals surface area (Å²) in [7, 11) is -2.43. The Morgan fingerprint density at radius 1 is 1.33 bits per heavy atom. The Kier molecular flexibility index (Phi) is 6.10. The van der Waals surface area contributed by atoms with E-state index in [0.717, 1.165) is 5.01 Å². The van der Waals surface area contributed by atoms with Gasteiger partial charge >= 0.3 is 5.97 Å². The number of hydrogen-bond acceptors (Lipinski definition) is 8. The van der Waals surface area contributed by atoms with Crippen LogP contribution in [0.15, 0.2) is 28.5 Å². The summed E-state index contributed by atoms with van der Waals surface area (Å²) in [5, 5.41) is 2.69. The minimum Gasteiger partial charge on any atom is -0.495 e. The number of thiazole rings is 1. The molecule has 146 valence electrons. The number of rotatable bonds is 6. The van der Waals surface area contributed by atoms with Crippen LogP contribution in [0.5, 0.6) is 5.75 Å². The molecule has 0 bridgehead atoms. The highest BCUT2D eigenvalue weighted by molar-refractivity contribution is 7.89. The number of carbonyl (C=O) groups excluding carboxylic acids is 1. The number of aromatic nitrogens is 1. The van der Waals surface area contributed by atoms with Crippen molar-refractivity contribution in [3.8, 4) is 5.75 Å². The first-order valence-corrected chi connectivity index (χ1v) is 10.6. The third-order valence-corrected chi connectivity index (χ3v) is 6.75. The second-order valence-corrected chi connectivity index (χ2v) is 8.78. The van der Waals surface area contributed by atoms with Crippen LogP contribution in [0, 0.1) is 6.92 Å². The molecule has 8 nitrogen and oxygen atoms in total. The van der Waals surface area contributed by atoms with Crippen molar-refractivity contribution in [1.82, 2.24) is 9.29 Å². The van der Waals surface area contributed by atoms with Gasteiger partial charge < -0.3 is 14.2 Å². The van der Waals surface area contributed by atoms with Crippen molar-refractivity contribution in [2.24, 2.45) is 0 Å². The van der Waals surface area contributed by atoms with Gasteiger partial charge in [0.2, 0.25) is 10.0 Å². The van der Waals surface area contributed by atoms with Crippen LogP contribution in [-0.2, 0) is 26.1 Å². The van der Waals surface area contributed by atoms with Gasteiger partial charge in [0.15, 0.2) is 0 Å². The lowest BCUT2D eigenvalue weighted by Gasteiger charge is -2.26. The van der Waals surface area contributed by atoms with E-state index in [1.165, 1.54) is 41.0 Å².